The minimum atomic E-state index is -3.17. The van der Waals surface area contributed by atoms with Crippen LogP contribution in [0.1, 0.15) is 40.5 Å². The van der Waals surface area contributed by atoms with Crippen molar-refractivity contribution in [3.05, 3.63) is 0 Å². The summed E-state index contributed by atoms with van der Waals surface area (Å²) >= 11 is 0. The van der Waals surface area contributed by atoms with Crippen molar-refractivity contribution < 1.29 is 27.2 Å². The van der Waals surface area contributed by atoms with Crippen molar-refractivity contribution in [2.75, 3.05) is 39.5 Å². The van der Waals surface area contributed by atoms with Gasteiger partial charge in [-0.25, -0.2) is 19.3 Å². The van der Waals surface area contributed by atoms with Crippen molar-refractivity contribution in [2.24, 2.45) is 10.8 Å². The van der Waals surface area contributed by atoms with Gasteiger partial charge in [-0.3, -0.25) is 18.1 Å². The summed E-state index contributed by atoms with van der Waals surface area (Å²) in [4.78, 5) is 0. The first kappa shape index (κ1) is 20.5. The Hall–Kier alpha value is 0.220. The first-order chi connectivity index (χ1) is 11.0. The molecule has 8 nitrogen and oxygen atoms in total. The Bertz CT molecular complexity index is 451. The van der Waals surface area contributed by atoms with Gasteiger partial charge in [-0.1, -0.05) is 27.7 Å². The highest BCUT2D eigenvalue weighted by molar-refractivity contribution is 7.52. The van der Waals surface area contributed by atoms with Gasteiger partial charge in [-0.2, -0.15) is 0 Å². The van der Waals surface area contributed by atoms with Gasteiger partial charge in [0.1, 0.15) is 0 Å². The fourth-order valence-electron chi connectivity index (χ4n) is 2.06. The van der Waals surface area contributed by atoms with Crippen LogP contribution in [0.3, 0.4) is 0 Å². The molecule has 0 aromatic rings. The van der Waals surface area contributed by atoms with E-state index in [4.69, 9.17) is 18.1 Å². The fourth-order valence-corrected chi connectivity index (χ4v) is 5.52. The van der Waals surface area contributed by atoms with Gasteiger partial charge in [0.05, 0.1) is 26.4 Å². The van der Waals surface area contributed by atoms with Gasteiger partial charge in [0.25, 0.3) is 0 Å². The zero-order chi connectivity index (χ0) is 17.9. The van der Waals surface area contributed by atoms with E-state index >= 15 is 0 Å². The van der Waals surface area contributed by atoms with E-state index in [0.717, 1.165) is 12.8 Å². The molecule has 0 atom stereocenters. The third-order valence-electron chi connectivity index (χ3n) is 3.72. The molecule has 2 N–H and O–H groups in total. The molecule has 2 fully saturated rings. The largest absolute Gasteiger partial charge is 0.405 e. The molecule has 24 heavy (non-hydrogen) atoms. The van der Waals surface area contributed by atoms with Crippen molar-refractivity contribution >= 4 is 15.5 Å². The number of unbranched alkanes of at least 4 members (excludes halogenated alkanes) is 1. The molecule has 2 heterocycles. The SMILES string of the molecule is CC1(C)COP(=O)(NCCCCNP2(=O)OCC(C)(C)CO2)OC1. The molecule has 0 aliphatic carbocycles. The predicted molar refractivity (Wildman–Crippen MR) is 91.8 cm³/mol. The Morgan fingerprint density at radius 1 is 0.708 bits per heavy atom. The van der Waals surface area contributed by atoms with E-state index < -0.39 is 15.5 Å². The third-order valence-corrected chi connectivity index (χ3v) is 6.81. The van der Waals surface area contributed by atoms with Crippen LogP contribution in [0.15, 0.2) is 0 Å². The number of hydrogen-bond donors (Lipinski definition) is 2. The second-order valence-corrected chi connectivity index (χ2v) is 11.6. The summed E-state index contributed by atoms with van der Waals surface area (Å²) in [5.74, 6) is 0. The fraction of sp³-hybridized carbons (Fsp3) is 1.00. The second kappa shape index (κ2) is 7.85. The molecule has 0 saturated carbocycles. The standard InChI is InChI=1S/C14H30N2O6P2/c1-13(2)9-19-23(17,20-10-13)15-7-5-6-8-16-24(18)21-11-14(3,4)12-22-24/h5-12H2,1-4H3,(H,15,17)(H,16,18). The Morgan fingerprint density at radius 3 is 1.29 bits per heavy atom. The Morgan fingerprint density at radius 2 is 1.00 bits per heavy atom. The van der Waals surface area contributed by atoms with Crippen LogP contribution >= 0.6 is 15.5 Å². The lowest BCUT2D eigenvalue weighted by atomic mass is 9.97. The van der Waals surface area contributed by atoms with Crippen LogP contribution < -0.4 is 10.2 Å². The van der Waals surface area contributed by atoms with Gasteiger partial charge in [0.15, 0.2) is 0 Å². The Balaban J connectivity index is 1.57. The lowest BCUT2D eigenvalue weighted by molar-refractivity contribution is 0.0365. The van der Waals surface area contributed by atoms with E-state index in [9.17, 15) is 9.13 Å². The highest BCUT2D eigenvalue weighted by Crippen LogP contribution is 2.50. The van der Waals surface area contributed by atoms with E-state index in [1.54, 1.807) is 0 Å². The number of hydrogen-bond acceptors (Lipinski definition) is 6. The summed E-state index contributed by atoms with van der Waals surface area (Å²) in [6.45, 7) is 10.6. The minimum Gasteiger partial charge on any atom is -0.296 e. The molecule has 0 unspecified atom stereocenters. The topological polar surface area (TPSA) is 95.1 Å². The predicted octanol–water partition coefficient (Wildman–Crippen LogP) is 3.31. The van der Waals surface area contributed by atoms with Crippen molar-refractivity contribution in [3.63, 3.8) is 0 Å². The molecule has 0 bridgehead atoms. The summed E-state index contributed by atoms with van der Waals surface area (Å²) < 4.78 is 45.9. The quantitative estimate of drug-likeness (QED) is 0.510. The zero-order valence-corrected chi connectivity index (χ0v) is 16.8. The lowest BCUT2D eigenvalue weighted by Crippen LogP contribution is -2.33. The molecule has 0 spiro atoms. The maximum Gasteiger partial charge on any atom is 0.405 e. The molecule has 0 aromatic carbocycles. The van der Waals surface area contributed by atoms with Crippen molar-refractivity contribution in [2.45, 2.75) is 40.5 Å². The summed E-state index contributed by atoms with van der Waals surface area (Å²) in [6.07, 6.45) is 1.47. The van der Waals surface area contributed by atoms with Crippen LogP contribution in [0.5, 0.6) is 0 Å². The van der Waals surface area contributed by atoms with Crippen molar-refractivity contribution in [1.82, 2.24) is 10.2 Å². The second-order valence-electron chi connectivity index (χ2n) is 7.94. The number of nitrogens with one attached hydrogen (secondary N) is 2. The van der Waals surface area contributed by atoms with Gasteiger partial charge in [-0.15, -0.1) is 0 Å². The van der Waals surface area contributed by atoms with Crippen molar-refractivity contribution in [3.8, 4) is 0 Å². The normalized spacial score (nSPS) is 27.7. The molecular weight excluding hydrogens is 354 g/mol. The summed E-state index contributed by atoms with van der Waals surface area (Å²) in [6, 6.07) is 0. The molecule has 0 amide bonds. The molecular formula is C14H30N2O6P2. The van der Waals surface area contributed by atoms with Crippen LogP contribution in [0, 0.1) is 10.8 Å². The van der Waals surface area contributed by atoms with E-state index in [2.05, 4.69) is 10.2 Å². The van der Waals surface area contributed by atoms with Crippen LogP contribution in [-0.4, -0.2) is 39.5 Å². The number of rotatable bonds is 7. The van der Waals surface area contributed by atoms with E-state index in [0.29, 0.717) is 39.5 Å². The van der Waals surface area contributed by atoms with Crippen LogP contribution in [-0.2, 0) is 27.2 Å². The molecule has 2 aliphatic rings. The van der Waals surface area contributed by atoms with Gasteiger partial charge >= 0.3 is 15.5 Å². The van der Waals surface area contributed by atoms with Crippen LogP contribution in [0.25, 0.3) is 0 Å². The first-order valence-corrected chi connectivity index (χ1v) is 11.4. The van der Waals surface area contributed by atoms with Crippen LogP contribution in [0.4, 0.5) is 0 Å². The smallest absolute Gasteiger partial charge is 0.296 e. The third kappa shape index (κ3) is 6.50. The maximum atomic E-state index is 12.3. The molecule has 0 aromatic heterocycles. The average molecular weight is 384 g/mol. The highest BCUT2D eigenvalue weighted by Gasteiger charge is 2.37. The zero-order valence-electron chi connectivity index (χ0n) is 15.0. The molecule has 2 rings (SSSR count). The Labute approximate surface area is 144 Å². The average Bonchev–Trinajstić information content (AvgIpc) is 2.50. The van der Waals surface area contributed by atoms with Gasteiger partial charge in [0.2, 0.25) is 0 Å². The minimum absolute atomic E-state index is 0.111. The van der Waals surface area contributed by atoms with Gasteiger partial charge in [-0.05, 0) is 12.8 Å². The lowest BCUT2D eigenvalue weighted by Gasteiger charge is -2.34. The molecule has 2 aliphatic heterocycles. The van der Waals surface area contributed by atoms with Gasteiger partial charge in [0, 0.05) is 23.9 Å². The van der Waals surface area contributed by atoms with E-state index in [1.165, 1.54) is 0 Å². The van der Waals surface area contributed by atoms with Gasteiger partial charge < -0.3 is 0 Å². The first-order valence-electron chi connectivity index (χ1n) is 8.32. The van der Waals surface area contributed by atoms with E-state index in [-0.39, 0.29) is 10.8 Å². The highest BCUT2D eigenvalue weighted by atomic mass is 31.2. The summed E-state index contributed by atoms with van der Waals surface area (Å²) in [5, 5.41) is 5.69. The molecule has 2 saturated heterocycles. The van der Waals surface area contributed by atoms with Crippen molar-refractivity contribution in [1.29, 1.82) is 0 Å². The molecule has 0 radical (unpaired) electrons. The summed E-state index contributed by atoms with van der Waals surface area (Å²) in [7, 11) is -6.34. The molecule has 142 valence electrons. The summed E-state index contributed by atoms with van der Waals surface area (Å²) in [5.41, 5.74) is -0.222. The monoisotopic (exact) mass is 384 g/mol. The maximum absolute atomic E-state index is 12.3. The van der Waals surface area contributed by atoms with E-state index in [1.807, 2.05) is 27.7 Å². The molecule has 10 heteroatoms. The van der Waals surface area contributed by atoms with Crippen LogP contribution in [0.2, 0.25) is 0 Å². The Kier molecular flexibility index (Phi) is 6.71.